The zero-order valence-electron chi connectivity index (χ0n) is 17.7. The molecule has 0 aliphatic carbocycles. The fourth-order valence-corrected chi connectivity index (χ4v) is 3.33. The standard InChI is InChI=1S/C22H27N3O4/c1-14-23-18(11-15-12-19(28-5)21(26)20(13-15)29-6)22(27)24(14)16-7-9-17(10-8-16)25(2,3)4/h7-14,23H,1-6H3/p+1. The highest BCUT2D eigenvalue weighted by Crippen LogP contribution is 2.38. The molecule has 154 valence electrons. The number of quaternary nitrogens is 1. The number of phenolic OH excluding ortho intramolecular Hbond substituents is 1. The molecule has 2 aromatic carbocycles. The van der Waals surface area contributed by atoms with Crippen molar-refractivity contribution in [2.75, 3.05) is 40.3 Å². The van der Waals surface area contributed by atoms with Gasteiger partial charge in [-0.05, 0) is 42.8 Å². The number of phenols is 1. The lowest BCUT2D eigenvalue weighted by Crippen LogP contribution is -2.36. The molecular formula is C22H28N3O4+. The van der Waals surface area contributed by atoms with E-state index in [9.17, 15) is 9.90 Å². The summed E-state index contributed by atoms with van der Waals surface area (Å²) in [4.78, 5) is 14.8. The lowest BCUT2D eigenvalue weighted by molar-refractivity contribution is -0.114. The van der Waals surface area contributed by atoms with Crippen LogP contribution < -0.4 is 24.2 Å². The summed E-state index contributed by atoms with van der Waals surface area (Å²) in [5.74, 6) is 0.363. The van der Waals surface area contributed by atoms with E-state index >= 15 is 0 Å². The van der Waals surface area contributed by atoms with E-state index in [0.717, 1.165) is 11.4 Å². The lowest BCUT2D eigenvalue weighted by Gasteiger charge is -2.25. The third kappa shape index (κ3) is 4.00. The Morgan fingerprint density at radius 3 is 2.10 bits per heavy atom. The average molecular weight is 398 g/mol. The first-order valence-electron chi connectivity index (χ1n) is 9.34. The van der Waals surface area contributed by atoms with Gasteiger partial charge in [-0.3, -0.25) is 14.2 Å². The van der Waals surface area contributed by atoms with Crippen LogP contribution in [0.15, 0.2) is 42.1 Å². The Labute approximate surface area is 171 Å². The first-order chi connectivity index (χ1) is 13.7. The fourth-order valence-electron chi connectivity index (χ4n) is 3.33. The minimum atomic E-state index is -0.190. The number of carbonyl (C=O) groups is 1. The molecule has 1 unspecified atom stereocenters. The van der Waals surface area contributed by atoms with Crippen molar-refractivity contribution >= 4 is 23.4 Å². The largest absolute Gasteiger partial charge is 0.502 e. The number of hydrogen-bond acceptors (Lipinski definition) is 5. The van der Waals surface area contributed by atoms with Gasteiger partial charge < -0.3 is 19.9 Å². The predicted octanol–water partition coefficient (Wildman–Crippen LogP) is 2.93. The van der Waals surface area contributed by atoms with Gasteiger partial charge >= 0.3 is 0 Å². The Bertz CT molecular complexity index is 921. The van der Waals surface area contributed by atoms with Crippen molar-refractivity contribution in [3.05, 3.63) is 47.7 Å². The van der Waals surface area contributed by atoms with E-state index in [1.807, 2.05) is 31.2 Å². The number of nitrogens with zero attached hydrogens (tertiary/aromatic N) is 2. The second kappa shape index (κ2) is 7.67. The number of rotatable bonds is 5. The first kappa shape index (κ1) is 20.5. The Kier molecular flexibility index (Phi) is 5.44. The number of ether oxygens (including phenoxy) is 2. The maximum absolute atomic E-state index is 13.1. The molecule has 29 heavy (non-hydrogen) atoms. The third-order valence-corrected chi connectivity index (χ3v) is 4.92. The maximum Gasteiger partial charge on any atom is 0.276 e. The highest BCUT2D eigenvalue weighted by Gasteiger charge is 2.33. The zero-order valence-corrected chi connectivity index (χ0v) is 17.7. The van der Waals surface area contributed by atoms with Crippen LogP contribution >= 0.6 is 0 Å². The Balaban J connectivity index is 1.92. The number of methoxy groups -OCH3 is 2. The molecule has 0 radical (unpaired) electrons. The molecule has 1 amide bonds. The van der Waals surface area contributed by atoms with Crippen molar-refractivity contribution in [1.82, 2.24) is 9.80 Å². The van der Waals surface area contributed by atoms with E-state index in [0.29, 0.717) is 15.7 Å². The molecular weight excluding hydrogens is 370 g/mol. The average Bonchev–Trinajstić information content (AvgIpc) is 2.95. The van der Waals surface area contributed by atoms with Gasteiger partial charge in [-0.1, -0.05) is 0 Å². The molecule has 1 saturated heterocycles. The van der Waals surface area contributed by atoms with Gasteiger partial charge in [0.1, 0.15) is 17.6 Å². The zero-order chi connectivity index (χ0) is 21.3. The van der Waals surface area contributed by atoms with Crippen LogP contribution in [0.3, 0.4) is 0 Å². The van der Waals surface area contributed by atoms with Gasteiger partial charge in [0, 0.05) is 17.8 Å². The number of nitrogens with one attached hydrogen (secondary N) is 1. The summed E-state index contributed by atoms with van der Waals surface area (Å²) in [6.45, 7) is 1.93. The molecule has 3 rings (SSSR count). The molecule has 1 fully saturated rings. The molecule has 0 bridgehead atoms. The summed E-state index contributed by atoms with van der Waals surface area (Å²) in [7, 11) is 9.23. The molecule has 7 nitrogen and oxygen atoms in total. The number of aromatic hydroxyl groups is 1. The number of hydrogen-bond donors (Lipinski definition) is 2. The van der Waals surface area contributed by atoms with Crippen molar-refractivity contribution in [2.24, 2.45) is 0 Å². The lowest BCUT2D eigenvalue weighted by atomic mass is 10.1. The number of anilines is 1. The highest BCUT2D eigenvalue weighted by atomic mass is 16.5. The second-order valence-corrected chi connectivity index (χ2v) is 7.86. The first-order valence-corrected chi connectivity index (χ1v) is 9.34. The van der Waals surface area contributed by atoms with E-state index < -0.39 is 0 Å². The van der Waals surface area contributed by atoms with E-state index in [4.69, 9.17) is 9.47 Å². The molecule has 0 saturated carbocycles. The predicted molar refractivity (Wildman–Crippen MR) is 115 cm³/mol. The van der Waals surface area contributed by atoms with Crippen LogP contribution in [0.5, 0.6) is 17.2 Å². The molecule has 2 N–H and O–H groups in total. The number of amides is 1. The SMILES string of the molecule is COc1cc(/C=C2\NC(C)N(c3ccc([N+](C)(C)C)cc3)C2=O)cc(OC)c1O. The third-order valence-electron chi connectivity index (χ3n) is 4.92. The molecule has 0 aromatic heterocycles. The van der Waals surface area contributed by atoms with Crippen molar-refractivity contribution in [3.63, 3.8) is 0 Å². The van der Waals surface area contributed by atoms with E-state index in [2.05, 4.69) is 26.5 Å². The van der Waals surface area contributed by atoms with Crippen LogP contribution in [0.25, 0.3) is 6.08 Å². The quantitative estimate of drug-likeness (QED) is 0.599. The maximum atomic E-state index is 13.1. The normalized spacial score (nSPS) is 18.1. The molecule has 2 aromatic rings. The van der Waals surface area contributed by atoms with E-state index in [1.54, 1.807) is 23.1 Å². The van der Waals surface area contributed by atoms with E-state index in [1.165, 1.54) is 14.2 Å². The Morgan fingerprint density at radius 2 is 1.62 bits per heavy atom. The van der Waals surface area contributed by atoms with Crippen LogP contribution in [0.4, 0.5) is 11.4 Å². The van der Waals surface area contributed by atoms with Gasteiger partial charge in [0.05, 0.1) is 35.4 Å². The van der Waals surface area contributed by atoms with Gasteiger partial charge in [-0.2, -0.15) is 0 Å². The molecule has 7 heteroatoms. The summed E-state index contributed by atoms with van der Waals surface area (Å²) in [6.07, 6.45) is 1.54. The van der Waals surface area contributed by atoms with Gasteiger partial charge in [0.2, 0.25) is 5.75 Å². The molecule has 1 atom stereocenters. The smallest absolute Gasteiger partial charge is 0.276 e. The van der Waals surface area contributed by atoms with Gasteiger partial charge in [0.15, 0.2) is 11.5 Å². The van der Waals surface area contributed by atoms with Crippen molar-refractivity contribution in [1.29, 1.82) is 0 Å². The molecule has 1 heterocycles. The Hall–Kier alpha value is -3.19. The Morgan fingerprint density at radius 1 is 1.07 bits per heavy atom. The van der Waals surface area contributed by atoms with Crippen molar-refractivity contribution < 1.29 is 19.4 Å². The molecule has 1 aliphatic rings. The summed E-state index contributed by atoms with van der Waals surface area (Å²) < 4.78 is 11.1. The van der Waals surface area contributed by atoms with Gasteiger partial charge in [0.25, 0.3) is 5.91 Å². The van der Waals surface area contributed by atoms with Crippen LogP contribution in [-0.2, 0) is 4.79 Å². The van der Waals surface area contributed by atoms with Crippen LogP contribution in [-0.4, -0.2) is 52.5 Å². The summed E-state index contributed by atoms with van der Waals surface area (Å²) in [5, 5.41) is 13.3. The van der Waals surface area contributed by atoms with Crippen LogP contribution in [0.2, 0.25) is 0 Å². The van der Waals surface area contributed by atoms with Crippen LogP contribution in [0.1, 0.15) is 12.5 Å². The number of carbonyl (C=O) groups excluding carboxylic acids is 1. The van der Waals surface area contributed by atoms with Gasteiger partial charge in [-0.25, -0.2) is 0 Å². The van der Waals surface area contributed by atoms with Gasteiger partial charge in [-0.15, -0.1) is 0 Å². The minimum Gasteiger partial charge on any atom is -0.502 e. The monoisotopic (exact) mass is 398 g/mol. The summed E-state index contributed by atoms with van der Waals surface area (Å²) in [6, 6.07) is 11.3. The van der Waals surface area contributed by atoms with Crippen molar-refractivity contribution in [2.45, 2.75) is 13.1 Å². The molecule has 1 aliphatic heterocycles. The summed E-state index contributed by atoms with van der Waals surface area (Å²) in [5.41, 5.74) is 3.13. The highest BCUT2D eigenvalue weighted by molar-refractivity contribution is 6.10. The minimum absolute atomic E-state index is 0.0739. The van der Waals surface area contributed by atoms with E-state index in [-0.39, 0.29) is 29.3 Å². The fraction of sp³-hybridized carbons (Fsp3) is 0.318. The summed E-state index contributed by atoms with van der Waals surface area (Å²) >= 11 is 0. The van der Waals surface area contributed by atoms with Crippen LogP contribution in [0, 0.1) is 0 Å². The molecule has 0 spiro atoms. The number of benzene rings is 2. The van der Waals surface area contributed by atoms with Crippen molar-refractivity contribution in [3.8, 4) is 17.2 Å². The topological polar surface area (TPSA) is 71.0 Å². The second-order valence-electron chi connectivity index (χ2n) is 7.86.